The molecule has 0 spiro atoms. The molecule has 0 heterocycles. The fourth-order valence-electron chi connectivity index (χ4n) is 2.66. The first-order chi connectivity index (χ1) is 12.0. The summed E-state index contributed by atoms with van der Waals surface area (Å²) in [6.07, 6.45) is 0. The van der Waals surface area contributed by atoms with Gasteiger partial charge in [-0.05, 0) is 88.8 Å². The van der Waals surface area contributed by atoms with Crippen LogP contribution in [0.25, 0.3) is 10.8 Å². The number of amides is 1. The molecular formula is C20H17IN2OS. The van der Waals surface area contributed by atoms with Gasteiger partial charge in [0, 0.05) is 14.8 Å². The number of nitrogens with one attached hydrogen (secondary N) is 2. The van der Waals surface area contributed by atoms with Gasteiger partial charge >= 0.3 is 0 Å². The number of anilines is 1. The van der Waals surface area contributed by atoms with E-state index in [1.807, 2.05) is 56.3 Å². The summed E-state index contributed by atoms with van der Waals surface area (Å²) in [6, 6.07) is 17.6. The zero-order valence-electron chi connectivity index (χ0n) is 13.9. The van der Waals surface area contributed by atoms with Gasteiger partial charge in [-0.1, -0.05) is 36.4 Å². The fraction of sp³-hybridized carbons (Fsp3) is 0.100. The lowest BCUT2D eigenvalue weighted by Gasteiger charge is -2.14. The molecule has 2 N–H and O–H groups in total. The van der Waals surface area contributed by atoms with Gasteiger partial charge in [0.2, 0.25) is 0 Å². The van der Waals surface area contributed by atoms with Gasteiger partial charge in [0.25, 0.3) is 5.91 Å². The maximum Gasteiger partial charge on any atom is 0.258 e. The second kappa shape index (κ2) is 7.49. The third-order valence-electron chi connectivity index (χ3n) is 4.02. The normalized spacial score (nSPS) is 10.5. The average Bonchev–Trinajstić information content (AvgIpc) is 2.59. The van der Waals surface area contributed by atoms with E-state index < -0.39 is 0 Å². The van der Waals surface area contributed by atoms with Crippen molar-refractivity contribution in [3.05, 3.63) is 74.9 Å². The summed E-state index contributed by atoms with van der Waals surface area (Å²) in [5, 5.41) is 8.13. The SMILES string of the molecule is Cc1cc(NC(=S)NC(=O)c2cccc3ccccc23)c(C)cc1I. The van der Waals surface area contributed by atoms with Crippen molar-refractivity contribution >= 4 is 62.3 Å². The largest absolute Gasteiger partial charge is 0.332 e. The van der Waals surface area contributed by atoms with Gasteiger partial charge in [0.05, 0.1) is 0 Å². The van der Waals surface area contributed by atoms with E-state index in [9.17, 15) is 4.79 Å². The smallest absolute Gasteiger partial charge is 0.258 e. The van der Waals surface area contributed by atoms with Crippen LogP contribution in [-0.2, 0) is 0 Å². The molecule has 3 aromatic rings. The Balaban J connectivity index is 1.79. The summed E-state index contributed by atoms with van der Waals surface area (Å²) in [4.78, 5) is 12.6. The van der Waals surface area contributed by atoms with Crippen LogP contribution in [0.5, 0.6) is 0 Å². The van der Waals surface area contributed by atoms with E-state index >= 15 is 0 Å². The van der Waals surface area contributed by atoms with Crippen LogP contribution in [0.4, 0.5) is 5.69 Å². The minimum Gasteiger partial charge on any atom is -0.332 e. The Labute approximate surface area is 166 Å². The van der Waals surface area contributed by atoms with Crippen LogP contribution in [0.15, 0.2) is 54.6 Å². The quantitative estimate of drug-likeness (QED) is 0.409. The monoisotopic (exact) mass is 460 g/mol. The Morgan fingerprint density at radius 1 is 1.00 bits per heavy atom. The predicted octanol–water partition coefficient (Wildman–Crippen LogP) is 5.19. The average molecular weight is 460 g/mol. The molecule has 0 bridgehead atoms. The van der Waals surface area contributed by atoms with Crippen molar-refractivity contribution in [1.82, 2.24) is 5.32 Å². The second-order valence-electron chi connectivity index (χ2n) is 5.85. The summed E-state index contributed by atoms with van der Waals surface area (Å²) in [6.45, 7) is 4.06. The van der Waals surface area contributed by atoms with Gasteiger partial charge in [-0.25, -0.2) is 0 Å². The van der Waals surface area contributed by atoms with Crippen LogP contribution < -0.4 is 10.6 Å². The molecule has 0 aliphatic rings. The number of hydrogen-bond donors (Lipinski definition) is 2. The van der Waals surface area contributed by atoms with E-state index in [-0.39, 0.29) is 5.91 Å². The summed E-state index contributed by atoms with van der Waals surface area (Å²) >= 11 is 7.63. The predicted molar refractivity (Wildman–Crippen MR) is 116 cm³/mol. The molecule has 0 saturated heterocycles. The highest BCUT2D eigenvalue weighted by molar-refractivity contribution is 14.1. The number of thiocarbonyl (C=S) groups is 1. The van der Waals surface area contributed by atoms with Gasteiger partial charge in [-0.2, -0.15) is 0 Å². The third-order valence-corrected chi connectivity index (χ3v) is 5.38. The van der Waals surface area contributed by atoms with Crippen molar-refractivity contribution in [1.29, 1.82) is 0 Å². The zero-order chi connectivity index (χ0) is 18.0. The van der Waals surface area contributed by atoms with Crippen molar-refractivity contribution in [3.63, 3.8) is 0 Å². The summed E-state index contributed by atoms with van der Waals surface area (Å²) in [7, 11) is 0. The van der Waals surface area contributed by atoms with Crippen LogP contribution in [0.2, 0.25) is 0 Å². The molecule has 3 rings (SSSR count). The van der Waals surface area contributed by atoms with Crippen LogP contribution in [0, 0.1) is 17.4 Å². The number of aryl methyl sites for hydroxylation is 2. The van der Waals surface area contributed by atoms with Gasteiger partial charge < -0.3 is 5.32 Å². The molecule has 0 unspecified atom stereocenters. The maximum absolute atomic E-state index is 12.6. The standard InChI is InChI=1S/C20H17IN2OS/c1-12-11-18(13(2)10-17(12)21)22-20(25)23-19(24)16-9-5-7-14-6-3-4-8-15(14)16/h3-11H,1-2H3,(H2,22,23,24,25). The van der Waals surface area contributed by atoms with Crippen LogP contribution in [0.3, 0.4) is 0 Å². The fourth-order valence-corrected chi connectivity index (χ4v) is 3.49. The van der Waals surface area contributed by atoms with Crippen LogP contribution in [0.1, 0.15) is 21.5 Å². The highest BCUT2D eigenvalue weighted by Crippen LogP contribution is 2.22. The van der Waals surface area contributed by atoms with Gasteiger partial charge in [-0.15, -0.1) is 0 Å². The van der Waals surface area contributed by atoms with Gasteiger partial charge in [0.15, 0.2) is 5.11 Å². The number of halogens is 1. The van der Waals surface area contributed by atoms with E-state index in [1.54, 1.807) is 6.07 Å². The van der Waals surface area contributed by atoms with Crippen molar-refractivity contribution < 1.29 is 4.79 Å². The molecular weight excluding hydrogens is 443 g/mol. The number of rotatable bonds is 2. The second-order valence-corrected chi connectivity index (χ2v) is 7.42. The van der Waals surface area contributed by atoms with E-state index in [2.05, 4.69) is 39.3 Å². The topological polar surface area (TPSA) is 41.1 Å². The number of fused-ring (bicyclic) bond motifs is 1. The van der Waals surface area contributed by atoms with Crippen molar-refractivity contribution in [2.45, 2.75) is 13.8 Å². The molecule has 25 heavy (non-hydrogen) atoms. The van der Waals surface area contributed by atoms with Crippen molar-refractivity contribution in [2.24, 2.45) is 0 Å². The van der Waals surface area contributed by atoms with Crippen molar-refractivity contribution in [3.8, 4) is 0 Å². The molecule has 0 saturated carbocycles. The molecule has 126 valence electrons. The van der Waals surface area contributed by atoms with Crippen LogP contribution in [-0.4, -0.2) is 11.0 Å². The van der Waals surface area contributed by atoms with E-state index in [4.69, 9.17) is 12.2 Å². The first-order valence-electron chi connectivity index (χ1n) is 7.82. The minimum atomic E-state index is -0.214. The van der Waals surface area contributed by atoms with Crippen molar-refractivity contribution in [2.75, 3.05) is 5.32 Å². The lowest BCUT2D eigenvalue weighted by atomic mass is 10.0. The third kappa shape index (κ3) is 3.99. The molecule has 0 aliphatic carbocycles. The molecule has 3 nitrogen and oxygen atoms in total. The molecule has 0 aromatic heterocycles. The Bertz CT molecular complexity index is 979. The number of carbonyl (C=O) groups excluding carboxylic acids is 1. The first kappa shape index (κ1) is 17.8. The van der Waals surface area contributed by atoms with E-state index in [1.165, 1.54) is 3.57 Å². The summed E-state index contributed by atoms with van der Waals surface area (Å²) in [5.74, 6) is -0.214. The highest BCUT2D eigenvalue weighted by Gasteiger charge is 2.12. The summed E-state index contributed by atoms with van der Waals surface area (Å²) < 4.78 is 1.20. The highest BCUT2D eigenvalue weighted by atomic mass is 127. The van der Waals surface area contributed by atoms with Crippen LogP contribution >= 0.6 is 34.8 Å². The maximum atomic E-state index is 12.6. The number of carbonyl (C=O) groups is 1. The lowest BCUT2D eigenvalue weighted by Crippen LogP contribution is -2.34. The van der Waals surface area contributed by atoms with Gasteiger partial charge in [-0.3, -0.25) is 10.1 Å². The Morgan fingerprint density at radius 3 is 2.52 bits per heavy atom. The van der Waals surface area contributed by atoms with E-state index in [0.29, 0.717) is 10.7 Å². The molecule has 1 amide bonds. The minimum absolute atomic E-state index is 0.214. The first-order valence-corrected chi connectivity index (χ1v) is 9.31. The number of hydrogen-bond acceptors (Lipinski definition) is 2. The zero-order valence-corrected chi connectivity index (χ0v) is 16.9. The Morgan fingerprint density at radius 2 is 1.72 bits per heavy atom. The van der Waals surface area contributed by atoms with E-state index in [0.717, 1.165) is 27.6 Å². The number of benzene rings is 3. The molecule has 3 aromatic carbocycles. The summed E-state index contributed by atoms with van der Waals surface area (Å²) in [5.41, 5.74) is 3.76. The van der Waals surface area contributed by atoms with Gasteiger partial charge in [0.1, 0.15) is 0 Å². The molecule has 5 heteroatoms. The molecule has 0 radical (unpaired) electrons. The Kier molecular flexibility index (Phi) is 5.34. The Hall–Kier alpha value is -1.99. The molecule has 0 aliphatic heterocycles. The lowest BCUT2D eigenvalue weighted by molar-refractivity contribution is 0.0979. The molecule has 0 fully saturated rings. The molecule has 0 atom stereocenters.